The van der Waals surface area contributed by atoms with Crippen LogP contribution in [0.5, 0.6) is 0 Å². The molecule has 0 aromatic carbocycles. The van der Waals surface area contributed by atoms with Gasteiger partial charge in [0.1, 0.15) is 5.82 Å². The zero-order valence-electron chi connectivity index (χ0n) is 15.3. The molecule has 0 N–H and O–H groups in total. The van der Waals surface area contributed by atoms with Crippen LogP contribution in [0.15, 0.2) is 24.5 Å². The van der Waals surface area contributed by atoms with Crippen LogP contribution in [-0.4, -0.2) is 63.1 Å². The van der Waals surface area contributed by atoms with Crippen molar-refractivity contribution in [2.45, 2.75) is 44.4 Å². The van der Waals surface area contributed by atoms with E-state index in [0.717, 1.165) is 62.5 Å². The van der Waals surface area contributed by atoms with Gasteiger partial charge in [-0.1, -0.05) is 5.21 Å². The van der Waals surface area contributed by atoms with Crippen molar-refractivity contribution in [3.63, 3.8) is 0 Å². The smallest absolute Gasteiger partial charge is 0.254 e. The number of fused-ring (bicyclic) bond motifs is 3. The molecule has 0 bridgehead atoms. The maximum atomic E-state index is 12.8. The topological polar surface area (TPSA) is 76.4 Å². The van der Waals surface area contributed by atoms with Gasteiger partial charge in [-0.05, 0) is 37.8 Å². The number of anilines is 1. The quantitative estimate of drug-likeness (QED) is 0.802. The number of hydrogen-bond acceptors (Lipinski definition) is 6. The molecule has 0 unspecified atom stereocenters. The number of piperidine rings is 2. The highest BCUT2D eigenvalue weighted by Crippen LogP contribution is 2.32. The highest BCUT2D eigenvalue weighted by Gasteiger charge is 2.36. The summed E-state index contributed by atoms with van der Waals surface area (Å²) in [6.45, 7) is 3.87. The van der Waals surface area contributed by atoms with Gasteiger partial charge in [-0.25, -0.2) is 9.67 Å². The van der Waals surface area contributed by atoms with E-state index in [4.69, 9.17) is 4.74 Å². The van der Waals surface area contributed by atoms with Gasteiger partial charge in [-0.15, -0.1) is 5.10 Å². The molecule has 3 aliphatic rings. The Hall–Kier alpha value is -2.48. The molecule has 5 heterocycles. The number of likely N-dealkylation sites (tertiary alicyclic amines) is 1. The second-order valence-electron chi connectivity index (χ2n) is 7.58. The van der Waals surface area contributed by atoms with E-state index in [9.17, 15) is 4.79 Å². The van der Waals surface area contributed by atoms with Gasteiger partial charge in [0.05, 0.1) is 30.6 Å². The maximum absolute atomic E-state index is 12.8. The SMILES string of the molecule is O=C(c1ccnc(N2CC[C@H]3[C@H](C2)OCc2cnnn23)c1)N1CCCCC1. The minimum absolute atomic E-state index is 0.0659. The molecule has 0 saturated carbocycles. The molecule has 8 nitrogen and oxygen atoms in total. The molecule has 2 saturated heterocycles. The Labute approximate surface area is 158 Å². The first-order valence-electron chi connectivity index (χ1n) is 9.80. The number of pyridine rings is 1. The zero-order valence-corrected chi connectivity index (χ0v) is 15.3. The third-order valence-electron chi connectivity index (χ3n) is 5.89. The predicted molar refractivity (Wildman–Crippen MR) is 98.5 cm³/mol. The summed E-state index contributed by atoms with van der Waals surface area (Å²) in [7, 11) is 0. The number of hydrogen-bond donors (Lipinski definition) is 0. The van der Waals surface area contributed by atoms with Gasteiger partial charge in [-0.3, -0.25) is 4.79 Å². The monoisotopic (exact) mass is 368 g/mol. The second kappa shape index (κ2) is 6.92. The van der Waals surface area contributed by atoms with E-state index in [1.807, 2.05) is 21.7 Å². The fourth-order valence-electron chi connectivity index (χ4n) is 4.40. The number of carbonyl (C=O) groups is 1. The summed E-state index contributed by atoms with van der Waals surface area (Å²) in [5.41, 5.74) is 1.77. The van der Waals surface area contributed by atoms with Crippen LogP contribution < -0.4 is 4.90 Å². The Morgan fingerprint density at radius 1 is 1.19 bits per heavy atom. The summed E-state index contributed by atoms with van der Waals surface area (Å²) >= 11 is 0. The fourth-order valence-corrected chi connectivity index (χ4v) is 4.40. The van der Waals surface area contributed by atoms with Crippen LogP contribution in [0.2, 0.25) is 0 Å². The standard InChI is InChI=1S/C19H24N6O2/c26-19(23-7-2-1-3-8-23)14-4-6-20-18(10-14)24-9-5-16-17(12-24)27-13-15-11-21-22-25(15)16/h4,6,10-11,16-17H,1-3,5,7-9,12-13H2/t16-,17-/m0/s1. The second-order valence-corrected chi connectivity index (χ2v) is 7.58. The van der Waals surface area contributed by atoms with E-state index in [1.54, 1.807) is 12.4 Å². The number of amides is 1. The van der Waals surface area contributed by atoms with Gasteiger partial charge in [0, 0.05) is 37.9 Å². The average molecular weight is 368 g/mol. The van der Waals surface area contributed by atoms with Gasteiger partial charge < -0.3 is 14.5 Å². The minimum Gasteiger partial charge on any atom is -0.368 e. The van der Waals surface area contributed by atoms with Crippen LogP contribution in [0.3, 0.4) is 0 Å². The highest BCUT2D eigenvalue weighted by molar-refractivity contribution is 5.94. The molecule has 2 aromatic heterocycles. The number of ether oxygens (including phenoxy) is 1. The molecular weight excluding hydrogens is 344 g/mol. The molecule has 0 spiro atoms. The zero-order chi connectivity index (χ0) is 18.2. The van der Waals surface area contributed by atoms with Crippen molar-refractivity contribution < 1.29 is 9.53 Å². The van der Waals surface area contributed by atoms with Crippen molar-refractivity contribution in [3.05, 3.63) is 35.8 Å². The molecule has 0 radical (unpaired) electrons. The Morgan fingerprint density at radius 3 is 2.96 bits per heavy atom. The van der Waals surface area contributed by atoms with Crippen molar-refractivity contribution in [1.29, 1.82) is 0 Å². The van der Waals surface area contributed by atoms with E-state index >= 15 is 0 Å². The third-order valence-corrected chi connectivity index (χ3v) is 5.89. The van der Waals surface area contributed by atoms with Crippen LogP contribution >= 0.6 is 0 Å². The first-order valence-corrected chi connectivity index (χ1v) is 9.80. The van der Waals surface area contributed by atoms with E-state index in [-0.39, 0.29) is 18.1 Å². The minimum atomic E-state index is 0.0659. The summed E-state index contributed by atoms with van der Waals surface area (Å²) < 4.78 is 8.06. The van der Waals surface area contributed by atoms with Gasteiger partial charge >= 0.3 is 0 Å². The summed E-state index contributed by atoms with van der Waals surface area (Å²) in [5, 5.41) is 8.24. The Morgan fingerprint density at radius 2 is 2.07 bits per heavy atom. The molecule has 2 atom stereocenters. The summed E-state index contributed by atoms with van der Waals surface area (Å²) in [6, 6.07) is 3.98. The van der Waals surface area contributed by atoms with Crippen molar-refractivity contribution in [2.75, 3.05) is 31.1 Å². The highest BCUT2D eigenvalue weighted by atomic mass is 16.5. The molecule has 2 fully saturated rings. The van der Waals surface area contributed by atoms with Gasteiger partial charge in [0.15, 0.2) is 0 Å². The van der Waals surface area contributed by atoms with Crippen LogP contribution in [0.25, 0.3) is 0 Å². The lowest BCUT2D eigenvalue weighted by Crippen LogP contribution is -2.48. The molecule has 3 aliphatic heterocycles. The third kappa shape index (κ3) is 3.07. The Bertz CT molecular complexity index is 831. The van der Waals surface area contributed by atoms with Crippen molar-refractivity contribution in [1.82, 2.24) is 24.9 Å². The van der Waals surface area contributed by atoms with E-state index in [0.29, 0.717) is 6.61 Å². The number of rotatable bonds is 2. The number of carbonyl (C=O) groups excluding carboxylic acids is 1. The first-order chi connectivity index (χ1) is 13.3. The largest absolute Gasteiger partial charge is 0.368 e. The predicted octanol–water partition coefficient (Wildman–Crippen LogP) is 1.65. The summed E-state index contributed by atoms with van der Waals surface area (Å²) in [4.78, 5) is 21.5. The van der Waals surface area contributed by atoms with Crippen molar-refractivity contribution in [2.24, 2.45) is 0 Å². The average Bonchev–Trinajstić information content (AvgIpc) is 3.23. The molecule has 5 rings (SSSR count). The van der Waals surface area contributed by atoms with Gasteiger partial charge in [0.2, 0.25) is 0 Å². The lowest BCUT2D eigenvalue weighted by Gasteiger charge is -2.41. The molecule has 8 heteroatoms. The first kappa shape index (κ1) is 16.7. The number of aromatic nitrogens is 4. The van der Waals surface area contributed by atoms with Crippen LogP contribution in [-0.2, 0) is 11.3 Å². The Kier molecular flexibility index (Phi) is 4.27. The lowest BCUT2D eigenvalue weighted by molar-refractivity contribution is -0.0335. The fraction of sp³-hybridized carbons (Fsp3) is 0.579. The summed E-state index contributed by atoms with van der Waals surface area (Å²) in [6.07, 6.45) is 7.93. The van der Waals surface area contributed by atoms with Gasteiger partial charge in [-0.2, -0.15) is 0 Å². The molecule has 142 valence electrons. The van der Waals surface area contributed by atoms with Crippen LogP contribution in [0.1, 0.15) is 47.8 Å². The maximum Gasteiger partial charge on any atom is 0.254 e. The van der Waals surface area contributed by atoms with Gasteiger partial charge in [0.25, 0.3) is 5.91 Å². The Balaban J connectivity index is 1.32. The van der Waals surface area contributed by atoms with Crippen LogP contribution in [0, 0.1) is 0 Å². The molecule has 1 amide bonds. The number of nitrogens with zero attached hydrogens (tertiary/aromatic N) is 6. The van der Waals surface area contributed by atoms with E-state index < -0.39 is 0 Å². The lowest BCUT2D eigenvalue weighted by atomic mass is 10.00. The molecule has 0 aliphatic carbocycles. The molecule has 27 heavy (non-hydrogen) atoms. The van der Waals surface area contributed by atoms with E-state index in [1.165, 1.54) is 6.42 Å². The van der Waals surface area contributed by atoms with E-state index in [2.05, 4.69) is 20.2 Å². The van der Waals surface area contributed by atoms with Crippen molar-refractivity contribution >= 4 is 11.7 Å². The van der Waals surface area contributed by atoms with Crippen molar-refractivity contribution in [3.8, 4) is 0 Å². The molecule has 2 aromatic rings. The van der Waals surface area contributed by atoms with Crippen LogP contribution in [0.4, 0.5) is 5.82 Å². The molecular formula is C19H24N6O2. The normalized spacial score (nSPS) is 25.0. The summed E-state index contributed by atoms with van der Waals surface area (Å²) in [5.74, 6) is 0.971.